The summed E-state index contributed by atoms with van der Waals surface area (Å²) in [6.07, 6.45) is 5.99. The Morgan fingerprint density at radius 1 is 1.03 bits per heavy atom. The van der Waals surface area contributed by atoms with E-state index in [1.165, 1.54) is 11.6 Å². The van der Waals surface area contributed by atoms with Crippen molar-refractivity contribution in [2.45, 2.75) is 52.5 Å². The van der Waals surface area contributed by atoms with Crippen LogP contribution in [0.2, 0.25) is 0 Å². The molecule has 0 atom stereocenters. The Kier molecular flexibility index (Phi) is 7.20. The van der Waals surface area contributed by atoms with Crippen molar-refractivity contribution >= 4 is 11.2 Å². The molecule has 0 bridgehead atoms. The fourth-order valence-electron chi connectivity index (χ4n) is 3.60. The van der Waals surface area contributed by atoms with Crippen LogP contribution in [0.25, 0.3) is 11.2 Å². The SMILES string of the molecule is CCN(CC)CCc1nc(CCCCCn2cnc3c2c(=O)n(C)c(=O)n3C)no1. The van der Waals surface area contributed by atoms with Crippen LogP contribution in [0.4, 0.5) is 0 Å². The summed E-state index contributed by atoms with van der Waals surface area (Å²) in [5.74, 6) is 1.45. The van der Waals surface area contributed by atoms with Crippen molar-refractivity contribution in [3.8, 4) is 0 Å². The Balaban J connectivity index is 1.49. The fourth-order valence-corrected chi connectivity index (χ4v) is 3.60. The Hall–Kier alpha value is -2.75. The van der Waals surface area contributed by atoms with Gasteiger partial charge in [-0.15, -0.1) is 0 Å². The highest BCUT2D eigenvalue weighted by Crippen LogP contribution is 2.10. The zero-order chi connectivity index (χ0) is 21.7. The van der Waals surface area contributed by atoms with Crippen LogP contribution in [-0.2, 0) is 33.5 Å². The topological polar surface area (TPSA) is 104 Å². The molecule has 3 heterocycles. The number of likely N-dealkylation sites (N-methyl/N-ethyl adjacent to an activating group) is 1. The predicted octanol–water partition coefficient (Wildman–Crippen LogP) is 1.11. The van der Waals surface area contributed by atoms with E-state index in [9.17, 15) is 9.59 Å². The zero-order valence-corrected chi connectivity index (χ0v) is 18.3. The summed E-state index contributed by atoms with van der Waals surface area (Å²) in [6, 6.07) is 0. The Labute approximate surface area is 175 Å². The molecular formula is C20H31N7O3. The van der Waals surface area contributed by atoms with Crippen LogP contribution >= 0.6 is 0 Å². The summed E-state index contributed by atoms with van der Waals surface area (Å²) < 4.78 is 9.70. The first kappa shape index (κ1) is 21.9. The largest absolute Gasteiger partial charge is 0.339 e. The number of aromatic nitrogens is 6. The van der Waals surface area contributed by atoms with E-state index < -0.39 is 0 Å². The van der Waals surface area contributed by atoms with Crippen LogP contribution < -0.4 is 11.2 Å². The first-order valence-corrected chi connectivity index (χ1v) is 10.6. The minimum absolute atomic E-state index is 0.311. The minimum atomic E-state index is -0.366. The second-order valence-electron chi connectivity index (χ2n) is 7.51. The van der Waals surface area contributed by atoms with Crippen molar-refractivity contribution in [1.29, 1.82) is 0 Å². The molecule has 3 aromatic heterocycles. The first-order valence-electron chi connectivity index (χ1n) is 10.6. The standard InChI is InChI=1S/C20H31N7O3/c1-5-26(6-2)13-11-16-22-15(23-30-16)10-8-7-9-12-27-14-21-18-17(27)19(28)25(4)20(29)24(18)3/h14H,5-13H2,1-4H3. The van der Waals surface area contributed by atoms with E-state index in [1.54, 1.807) is 13.4 Å². The van der Waals surface area contributed by atoms with E-state index in [0.717, 1.165) is 62.1 Å². The maximum atomic E-state index is 12.5. The van der Waals surface area contributed by atoms with Crippen molar-refractivity contribution in [1.82, 2.24) is 33.7 Å². The van der Waals surface area contributed by atoms with E-state index >= 15 is 0 Å². The van der Waals surface area contributed by atoms with E-state index in [2.05, 4.69) is 33.9 Å². The van der Waals surface area contributed by atoms with Gasteiger partial charge in [0.25, 0.3) is 5.56 Å². The molecule has 0 spiro atoms. The van der Waals surface area contributed by atoms with Gasteiger partial charge in [-0.3, -0.25) is 13.9 Å². The predicted molar refractivity (Wildman–Crippen MR) is 114 cm³/mol. The molecule has 10 nitrogen and oxygen atoms in total. The highest BCUT2D eigenvalue weighted by molar-refractivity contribution is 5.69. The van der Waals surface area contributed by atoms with Gasteiger partial charge in [-0.1, -0.05) is 25.4 Å². The summed E-state index contributed by atoms with van der Waals surface area (Å²) in [5, 5.41) is 4.08. The number of unbranched alkanes of at least 4 members (excludes halogenated alkanes) is 2. The van der Waals surface area contributed by atoms with Crippen molar-refractivity contribution in [2.75, 3.05) is 19.6 Å². The lowest BCUT2D eigenvalue weighted by Gasteiger charge is -2.15. The average Bonchev–Trinajstić information content (AvgIpc) is 3.38. The highest BCUT2D eigenvalue weighted by atomic mass is 16.5. The summed E-state index contributed by atoms with van der Waals surface area (Å²) >= 11 is 0. The molecule has 10 heteroatoms. The third-order valence-electron chi connectivity index (χ3n) is 5.56. The van der Waals surface area contributed by atoms with E-state index in [0.29, 0.717) is 23.6 Å². The van der Waals surface area contributed by atoms with Gasteiger partial charge in [-0.05, 0) is 25.9 Å². The van der Waals surface area contributed by atoms with Gasteiger partial charge in [-0.25, -0.2) is 9.78 Å². The van der Waals surface area contributed by atoms with Gasteiger partial charge in [0, 0.05) is 40.0 Å². The second kappa shape index (κ2) is 9.84. The van der Waals surface area contributed by atoms with Gasteiger partial charge in [0.15, 0.2) is 17.0 Å². The molecule has 0 unspecified atom stereocenters. The highest BCUT2D eigenvalue weighted by Gasteiger charge is 2.14. The molecule has 0 aliphatic rings. The molecule has 0 saturated carbocycles. The quantitative estimate of drug-likeness (QED) is 0.431. The Morgan fingerprint density at radius 2 is 1.80 bits per heavy atom. The number of imidazole rings is 1. The molecule has 0 saturated heterocycles. The van der Waals surface area contributed by atoms with Crippen LogP contribution in [0, 0.1) is 0 Å². The lowest BCUT2D eigenvalue weighted by Crippen LogP contribution is -2.37. The molecule has 3 aromatic rings. The Bertz CT molecular complexity index is 1090. The molecule has 0 aromatic carbocycles. The van der Waals surface area contributed by atoms with E-state index in [-0.39, 0.29) is 11.2 Å². The van der Waals surface area contributed by atoms with Crippen molar-refractivity contribution in [2.24, 2.45) is 14.1 Å². The minimum Gasteiger partial charge on any atom is -0.339 e. The molecule has 0 radical (unpaired) electrons. The van der Waals surface area contributed by atoms with Crippen LogP contribution in [0.3, 0.4) is 0 Å². The van der Waals surface area contributed by atoms with Gasteiger partial charge in [0.05, 0.1) is 6.33 Å². The molecular weight excluding hydrogens is 386 g/mol. The van der Waals surface area contributed by atoms with Crippen molar-refractivity contribution < 1.29 is 4.52 Å². The molecule has 0 aliphatic carbocycles. The maximum Gasteiger partial charge on any atom is 0.332 e. The molecule has 0 fully saturated rings. The Morgan fingerprint density at radius 3 is 2.53 bits per heavy atom. The van der Waals surface area contributed by atoms with Gasteiger partial charge < -0.3 is 14.0 Å². The van der Waals surface area contributed by atoms with Gasteiger partial charge in [0.1, 0.15) is 0 Å². The third-order valence-corrected chi connectivity index (χ3v) is 5.56. The third kappa shape index (κ3) is 4.69. The zero-order valence-electron chi connectivity index (χ0n) is 18.3. The van der Waals surface area contributed by atoms with Crippen molar-refractivity contribution in [3.05, 3.63) is 38.9 Å². The van der Waals surface area contributed by atoms with E-state index in [1.807, 2.05) is 4.57 Å². The number of aryl methyl sites for hydroxylation is 3. The number of fused-ring (bicyclic) bond motifs is 1. The molecule has 0 N–H and O–H groups in total. The fraction of sp³-hybridized carbons (Fsp3) is 0.650. The molecule has 0 amide bonds. The van der Waals surface area contributed by atoms with Crippen LogP contribution in [0.15, 0.2) is 20.4 Å². The average molecular weight is 418 g/mol. The first-order chi connectivity index (χ1) is 14.5. The van der Waals surface area contributed by atoms with Gasteiger partial charge in [-0.2, -0.15) is 4.98 Å². The van der Waals surface area contributed by atoms with Crippen LogP contribution in [0.5, 0.6) is 0 Å². The van der Waals surface area contributed by atoms with E-state index in [4.69, 9.17) is 4.52 Å². The number of hydrogen-bond donors (Lipinski definition) is 0. The van der Waals surface area contributed by atoms with Crippen LogP contribution in [0.1, 0.15) is 44.8 Å². The smallest absolute Gasteiger partial charge is 0.332 e. The summed E-state index contributed by atoms with van der Waals surface area (Å²) in [4.78, 5) is 35.5. The molecule has 30 heavy (non-hydrogen) atoms. The number of nitrogens with zero attached hydrogens (tertiary/aromatic N) is 7. The van der Waals surface area contributed by atoms with Gasteiger partial charge >= 0.3 is 5.69 Å². The lowest BCUT2D eigenvalue weighted by atomic mass is 10.2. The molecule has 3 rings (SSSR count). The monoisotopic (exact) mass is 417 g/mol. The summed E-state index contributed by atoms with van der Waals surface area (Å²) in [6.45, 7) is 7.94. The lowest BCUT2D eigenvalue weighted by molar-refractivity contribution is 0.286. The molecule has 0 aliphatic heterocycles. The summed E-state index contributed by atoms with van der Waals surface area (Å²) in [5.41, 5.74) is 0.215. The number of rotatable bonds is 11. The normalized spacial score (nSPS) is 11.8. The van der Waals surface area contributed by atoms with Gasteiger partial charge in [0.2, 0.25) is 5.89 Å². The molecule has 164 valence electrons. The summed E-state index contributed by atoms with van der Waals surface area (Å²) in [7, 11) is 3.12. The second-order valence-corrected chi connectivity index (χ2v) is 7.51. The van der Waals surface area contributed by atoms with Crippen molar-refractivity contribution in [3.63, 3.8) is 0 Å². The van der Waals surface area contributed by atoms with Crippen LogP contribution in [-0.4, -0.2) is 53.4 Å². The maximum absolute atomic E-state index is 12.5. The number of hydrogen-bond acceptors (Lipinski definition) is 7.